The summed E-state index contributed by atoms with van der Waals surface area (Å²) in [6, 6.07) is 0.307. The molecule has 0 amide bonds. The zero-order chi connectivity index (χ0) is 10.1. The van der Waals surface area contributed by atoms with Crippen molar-refractivity contribution in [2.75, 3.05) is 13.2 Å². The van der Waals surface area contributed by atoms with Crippen molar-refractivity contribution in [2.45, 2.75) is 46.1 Å². The molecule has 0 rings (SSSR count). The van der Waals surface area contributed by atoms with Gasteiger partial charge in [-0.2, -0.15) is 0 Å². The second-order valence-corrected chi connectivity index (χ2v) is 3.69. The molecule has 3 N–H and O–H groups in total. The van der Waals surface area contributed by atoms with Crippen LogP contribution in [0.15, 0.2) is 0 Å². The van der Waals surface area contributed by atoms with Crippen LogP contribution in [-0.2, 0) is 4.74 Å². The van der Waals surface area contributed by atoms with Crippen molar-refractivity contribution in [3.8, 4) is 0 Å². The van der Waals surface area contributed by atoms with Crippen LogP contribution >= 0.6 is 0 Å². The predicted molar refractivity (Wildman–Crippen MR) is 56.3 cm³/mol. The Morgan fingerprint density at radius 3 is 2.54 bits per heavy atom. The fourth-order valence-electron chi connectivity index (χ4n) is 1.21. The lowest BCUT2D eigenvalue weighted by Crippen LogP contribution is -2.39. The molecule has 0 radical (unpaired) electrons. The number of hydrazine groups is 1. The molecule has 80 valence electrons. The van der Waals surface area contributed by atoms with Gasteiger partial charge in [-0.05, 0) is 18.8 Å². The summed E-state index contributed by atoms with van der Waals surface area (Å²) in [5, 5.41) is 0. The summed E-state index contributed by atoms with van der Waals surface area (Å²) < 4.78 is 5.44. The first-order chi connectivity index (χ1) is 6.24. The smallest absolute Gasteiger partial charge is 0.0633 e. The number of nitrogens with one attached hydrogen (secondary N) is 1. The lowest BCUT2D eigenvalue weighted by atomic mass is 10.0. The summed E-state index contributed by atoms with van der Waals surface area (Å²) in [6.07, 6.45) is 3.36. The van der Waals surface area contributed by atoms with Gasteiger partial charge in [-0.3, -0.25) is 11.3 Å². The van der Waals surface area contributed by atoms with Gasteiger partial charge < -0.3 is 4.74 Å². The van der Waals surface area contributed by atoms with Crippen molar-refractivity contribution >= 4 is 0 Å². The monoisotopic (exact) mass is 188 g/mol. The van der Waals surface area contributed by atoms with Gasteiger partial charge in [0, 0.05) is 12.6 Å². The second kappa shape index (κ2) is 8.48. The van der Waals surface area contributed by atoms with E-state index in [0.717, 1.165) is 26.1 Å². The molecule has 0 aliphatic heterocycles. The Labute approximate surface area is 82.0 Å². The maximum atomic E-state index is 5.44. The minimum atomic E-state index is 0.307. The Balaban J connectivity index is 3.50. The Kier molecular flexibility index (Phi) is 8.40. The Morgan fingerprint density at radius 2 is 2.08 bits per heavy atom. The number of ether oxygens (including phenoxy) is 1. The molecule has 0 heterocycles. The van der Waals surface area contributed by atoms with Crippen molar-refractivity contribution in [2.24, 2.45) is 11.8 Å². The first-order valence-corrected chi connectivity index (χ1v) is 5.28. The van der Waals surface area contributed by atoms with Crippen molar-refractivity contribution in [3.05, 3.63) is 0 Å². The van der Waals surface area contributed by atoms with Gasteiger partial charge in [0.25, 0.3) is 0 Å². The molecule has 0 bridgehead atoms. The van der Waals surface area contributed by atoms with Crippen molar-refractivity contribution < 1.29 is 4.74 Å². The lowest BCUT2D eigenvalue weighted by Gasteiger charge is -2.19. The number of hydrogen-bond donors (Lipinski definition) is 2. The van der Waals surface area contributed by atoms with Gasteiger partial charge in [0.15, 0.2) is 0 Å². The Bertz CT molecular complexity index is 109. The maximum absolute atomic E-state index is 5.44. The molecular formula is C10H24N2O. The van der Waals surface area contributed by atoms with E-state index >= 15 is 0 Å². The van der Waals surface area contributed by atoms with Gasteiger partial charge in [-0.25, -0.2) is 0 Å². The summed E-state index contributed by atoms with van der Waals surface area (Å²) in [6.45, 7) is 8.11. The van der Waals surface area contributed by atoms with Gasteiger partial charge >= 0.3 is 0 Å². The summed E-state index contributed by atoms with van der Waals surface area (Å²) in [7, 11) is 0. The zero-order valence-corrected chi connectivity index (χ0v) is 9.18. The molecule has 0 aromatic carbocycles. The summed E-state index contributed by atoms with van der Waals surface area (Å²) in [4.78, 5) is 0. The highest BCUT2D eigenvalue weighted by molar-refractivity contribution is 4.65. The zero-order valence-electron chi connectivity index (χ0n) is 9.18. The van der Waals surface area contributed by atoms with Crippen LogP contribution in [-0.4, -0.2) is 19.3 Å². The summed E-state index contributed by atoms with van der Waals surface area (Å²) in [5.41, 5.74) is 2.80. The van der Waals surface area contributed by atoms with E-state index in [4.69, 9.17) is 10.6 Å². The Morgan fingerprint density at radius 1 is 1.38 bits per heavy atom. The van der Waals surface area contributed by atoms with Gasteiger partial charge in [0.05, 0.1) is 6.61 Å². The third-order valence-electron chi connectivity index (χ3n) is 2.29. The van der Waals surface area contributed by atoms with Gasteiger partial charge in [0.2, 0.25) is 0 Å². The van der Waals surface area contributed by atoms with Gasteiger partial charge in [-0.1, -0.05) is 27.2 Å². The largest absolute Gasteiger partial charge is 0.380 e. The van der Waals surface area contributed by atoms with E-state index in [1.807, 2.05) is 0 Å². The molecule has 0 saturated carbocycles. The van der Waals surface area contributed by atoms with Crippen molar-refractivity contribution in [1.29, 1.82) is 0 Å². The molecule has 0 aromatic rings. The highest BCUT2D eigenvalue weighted by Gasteiger charge is 2.10. The molecule has 13 heavy (non-hydrogen) atoms. The SMILES string of the molecule is CCCOCC(CC(C)CC)NN. The second-order valence-electron chi connectivity index (χ2n) is 3.69. The highest BCUT2D eigenvalue weighted by atomic mass is 16.5. The average Bonchev–Trinajstić information content (AvgIpc) is 2.16. The molecule has 0 aliphatic rings. The van der Waals surface area contributed by atoms with E-state index in [0.29, 0.717) is 12.0 Å². The minimum absolute atomic E-state index is 0.307. The fourth-order valence-corrected chi connectivity index (χ4v) is 1.21. The normalized spacial score (nSPS) is 15.7. The quantitative estimate of drug-likeness (QED) is 0.346. The van der Waals surface area contributed by atoms with E-state index in [2.05, 4.69) is 26.2 Å². The number of rotatable bonds is 8. The van der Waals surface area contributed by atoms with E-state index < -0.39 is 0 Å². The third-order valence-corrected chi connectivity index (χ3v) is 2.29. The van der Waals surface area contributed by atoms with Crippen LogP contribution in [0.1, 0.15) is 40.0 Å². The van der Waals surface area contributed by atoms with Crippen LogP contribution in [0.4, 0.5) is 0 Å². The molecule has 3 nitrogen and oxygen atoms in total. The topological polar surface area (TPSA) is 47.3 Å². The first kappa shape index (κ1) is 12.9. The van der Waals surface area contributed by atoms with E-state index in [1.54, 1.807) is 0 Å². The average molecular weight is 188 g/mol. The van der Waals surface area contributed by atoms with E-state index in [-0.39, 0.29) is 0 Å². The van der Waals surface area contributed by atoms with Crippen LogP contribution in [0.2, 0.25) is 0 Å². The van der Waals surface area contributed by atoms with Crippen LogP contribution in [0.5, 0.6) is 0 Å². The molecule has 0 fully saturated rings. The molecule has 0 aliphatic carbocycles. The van der Waals surface area contributed by atoms with Crippen LogP contribution < -0.4 is 11.3 Å². The molecule has 3 heteroatoms. The maximum Gasteiger partial charge on any atom is 0.0633 e. The van der Waals surface area contributed by atoms with E-state index in [9.17, 15) is 0 Å². The van der Waals surface area contributed by atoms with Crippen LogP contribution in [0.25, 0.3) is 0 Å². The molecule has 0 spiro atoms. The standard InChI is InChI=1S/C10H24N2O/c1-4-6-13-8-10(12-11)7-9(3)5-2/h9-10,12H,4-8,11H2,1-3H3. The van der Waals surface area contributed by atoms with Crippen LogP contribution in [0, 0.1) is 5.92 Å². The van der Waals surface area contributed by atoms with Gasteiger partial charge in [-0.15, -0.1) is 0 Å². The third kappa shape index (κ3) is 6.99. The van der Waals surface area contributed by atoms with E-state index in [1.165, 1.54) is 6.42 Å². The van der Waals surface area contributed by atoms with Crippen LogP contribution in [0.3, 0.4) is 0 Å². The minimum Gasteiger partial charge on any atom is -0.380 e. The Hall–Kier alpha value is -0.120. The molecular weight excluding hydrogens is 164 g/mol. The van der Waals surface area contributed by atoms with Crippen molar-refractivity contribution in [3.63, 3.8) is 0 Å². The first-order valence-electron chi connectivity index (χ1n) is 5.28. The summed E-state index contributed by atoms with van der Waals surface area (Å²) in [5.74, 6) is 6.14. The molecule has 2 unspecified atom stereocenters. The lowest BCUT2D eigenvalue weighted by molar-refractivity contribution is 0.104. The van der Waals surface area contributed by atoms with Crippen molar-refractivity contribution in [1.82, 2.24) is 5.43 Å². The highest BCUT2D eigenvalue weighted by Crippen LogP contribution is 2.09. The predicted octanol–water partition coefficient (Wildman–Crippen LogP) is 1.68. The molecule has 0 saturated heterocycles. The molecule has 2 atom stereocenters. The number of nitrogens with two attached hydrogens (primary N) is 1. The van der Waals surface area contributed by atoms with Gasteiger partial charge in [0.1, 0.15) is 0 Å². The summed E-state index contributed by atoms with van der Waals surface area (Å²) >= 11 is 0. The molecule has 0 aromatic heterocycles. The fraction of sp³-hybridized carbons (Fsp3) is 1.00. The number of hydrogen-bond acceptors (Lipinski definition) is 3.